The lowest BCUT2D eigenvalue weighted by Crippen LogP contribution is -2.25. The molecule has 1 aromatic rings. The molecule has 9 heteroatoms. The Hall–Kier alpha value is -0.730. The van der Waals surface area contributed by atoms with Gasteiger partial charge in [-0.2, -0.15) is 0 Å². The topological polar surface area (TPSA) is 80.2 Å². The van der Waals surface area contributed by atoms with Crippen molar-refractivity contribution < 1.29 is 13.2 Å². The second kappa shape index (κ2) is 4.27. The molecular formula is C7H8ClN3O3S2. The Balaban J connectivity index is 2.08. The van der Waals surface area contributed by atoms with Crippen molar-refractivity contribution in [3.63, 3.8) is 0 Å². The quantitative estimate of drug-likeness (QED) is 0.752. The average Bonchev–Trinajstić information content (AvgIpc) is 2.71. The third-order valence-corrected chi connectivity index (χ3v) is 4.18. The van der Waals surface area contributed by atoms with E-state index in [4.69, 9.17) is 10.7 Å². The molecule has 0 spiro atoms. The maximum atomic E-state index is 11.6. The molecule has 0 N–H and O–H groups in total. The van der Waals surface area contributed by atoms with Crippen molar-refractivity contribution in [2.45, 2.75) is 6.42 Å². The number of rotatable bonds is 3. The van der Waals surface area contributed by atoms with Crippen LogP contribution in [0.25, 0.3) is 0 Å². The summed E-state index contributed by atoms with van der Waals surface area (Å²) in [6, 6.07) is 0. The molecule has 16 heavy (non-hydrogen) atoms. The van der Waals surface area contributed by atoms with Crippen LogP contribution in [0.1, 0.15) is 6.42 Å². The molecule has 1 atom stereocenters. The molecule has 1 saturated heterocycles. The summed E-state index contributed by atoms with van der Waals surface area (Å²) in [5.41, 5.74) is 1.52. The first-order chi connectivity index (χ1) is 7.46. The molecule has 1 amide bonds. The molecule has 6 nitrogen and oxygen atoms in total. The van der Waals surface area contributed by atoms with E-state index < -0.39 is 9.05 Å². The lowest BCUT2D eigenvalue weighted by molar-refractivity contribution is -0.117. The maximum absolute atomic E-state index is 11.6. The van der Waals surface area contributed by atoms with Crippen LogP contribution in [0.3, 0.4) is 0 Å². The molecule has 2 heterocycles. The molecule has 0 radical (unpaired) electrons. The molecule has 1 fully saturated rings. The minimum Gasteiger partial charge on any atom is -0.286 e. The van der Waals surface area contributed by atoms with Gasteiger partial charge < -0.3 is 0 Å². The largest absolute Gasteiger partial charge is 0.286 e. The fourth-order valence-corrected chi connectivity index (χ4v) is 3.55. The summed E-state index contributed by atoms with van der Waals surface area (Å²) in [6.07, 6.45) is 0.186. The first-order valence-corrected chi connectivity index (χ1v) is 7.80. The fourth-order valence-electron chi connectivity index (χ4n) is 1.64. The Morgan fingerprint density at radius 1 is 1.62 bits per heavy atom. The van der Waals surface area contributed by atoms with Gasteiger partial charge in [-0.05, 0) is 0 Å². The molecule has 0 aliphatic carbocycles. The smallest absolute Gasteiger partial charge is 0.232 e. The SMILES string of the molecule is O=C1CC(CS(=O)(=O)Cl)CN1c1nncs1. The number of anilines is 1. The lowest BCUT2D eigenvalue weighted by Gasteiger charge is -2.11. The van der Waals surface area contributed by atoms with Gasteiger partial charge in [0.2, 0.25) is 20.1 Å². The zero-order valence-electron chi connectivity index (χ0n) is 8.04. The van der Waals surface area contributed by atoms with E-state index >= 15 is 0 Å². The summed E-state index contributed by atoms with van der Waals surface area (Å²) in [6.45, 7) is 0.333. The number of hydrogen-bond acceptors (Lipinski definition) is 6. The van der Waals surface area contributed by atoms with Crippen LogP contribution in [0.15, 0.2) is 5.51 Å². The van der Waals surface area contributed by atoms with Crippen LogP contribution in [0.2, 0.25) is 0 Å². The van der Waals surface area contributed by atoms with Crippen LogP contribution >= 0.6 is 22.0 Å². The number of carbonyl (C=O) groups excluding carboxylic acids is 1. The van der Waals surface area contributed by atoms with Gasteiger partial charge in [0.15, 0.2) is 0 Å². The molecule has 1 aromatic heterocycles. The zero-order chi connectivity index (χ0) is 11.8. The number of amides is 1. The average molecular weight is 282 g/mol. The van der Waals surface area contributed by atoms with Crippen LogP contribution in [0, 0.1) is 5.92 Å². The van der Waals surface area contributed by atoms with Crippen molar-refractivity contribution in [3.8, 4) is 0 Å². The number of nitrogens with zero attached hydrogens (tertiary/aromatic N) is 3. The molecule has 0 saturated carbocycles. The summed E-state index contributed by atoms with van der Waals surface area (Å²) >= 11 is 1.24. The molecule has 88 valence electrons. The predicted molar refractivity (Wildman–Crippen MR) is 60.0 cm³/mol. The Morgan fingerprint density at radius 2 is 2.38 bits per heavy atom. The predicted octanol–water partition coefficient (Wildman–Crippen LogP) is 0.460. The van der Waals surface area contributed by atoms with Crippen molar-refractivity contribution in [3.05, 3.63) is 5.51 Å². The van der Waals surface area contributed by atoms with Crippen LogP contribution in [0.5, 0.6) is 0 Å². The second-order valence-electron chi connectivity index (χ2n) is 3.50. The van der Waals surface area contributed by atoms with E-state index in [2.05, 4.69) is 10.2 Å². The van der Waals surface area contributed by atoms with Gasteiger partial charge in [0, 0.05) is 29.6 Å². The van der Waals surface area contributed by atoms with E-state index in [1.165, 1.54) is 21.7 Å². The fraction of sp³-hybridized carbons (Fsp3) is 0.571. The van der Waals surface area contributed by atoms with E-state index in [1.807, 2.05) is 0 Å². The van der Waals surface area contributed by atoms with Crippen LogP contribution < -0.4 is 4.90 Å². The van der Waals surface area contributed by atoms with Gasteiger partial charge in [0.1, 0.15) is 5.51 Å². The number of carbonyl (C=O) groups is 1. The van der Waals surface area contributed by atoms with E-state index in [0.29, 0.717) is 11.7 Å². The van der Waals surface area contributed by atoms with Gasteiger partial charge in [-0.1, -0.05) is 11.3 Å². The summed E-state index contributed by atoms with van der Waals surface area (Å²) in [5.74, 6) is -0.587. The maximum Gasteiger partial charge on any atom is 0.232 e. The Labute approximate surface area is 101 Å². The zero-order valence-corrected chi connectivity index (χ0v) is 10.4. The van der Waals surface area contributed by atoms with Crippen molar-refractivity contribution >= 4 is 42.1 Å². The standard InChI is InChI=1S/C7H8ClN3O3S2/c8-16(13,14)3-5-1-6(12)11(2-5)7-10-9-4-15-7/h4-5H,1-3H2. The van der Waals surface area contributed by atoms with E-state index in [9.17, 15) is 13.2 Å². The van der Waals surface area contributed by atoms with Crippen molar-refractivity contribution in [1.82, 2.24) is 10.2 Å². The van der Waals surface area contributed by atoms with Gasteiger partial charge in [0.05, 0.1) is 5.75 Å². The monoisotopic (exact) mass is 281 g/mol. The van der Waals surface area contributed by atoms with Gasteiger partial charge in [-0.25, -0.2) is 8.42 Å². The van der Waals surface area contributed by atoms with Crippen LogP contribution in [0.4, 0.5) is 5.13 Å². The first-order valence-electron chi connectivity index (χ1n) is 4.44. The molecule has 0 bridgehead atoms. The van der Waals surface area contributed by atoms with Gasteiger partial charge in [-0.15, -0.1) is 10.2 Å². The van der Waals surface area contributed by atoms with Crippen molar-refractivity contribution in [2.24, 2.45) is 5.92 Å². The minimum atomic E-state index is -3.56. The van der Waals surface area contributed by atoms with Gasteiger partial charge in [0.25, 0.3) is 0 Å². The van der Waals surface area contributed by atoms with E-state index in [0.717, 1.165) is 0 Å². The highest BCUT2D eigenvalue weighted by Gasteiger charge is 2.34. The van der Waals surface area contributed by atoms with Gasteiger partial charge >= 0.3 is 0 Å². The molecule has 1 aliphatic rings. The van der Waals surface area contributed by atoms with E-state index in [1.54, 1.807) is 0 Å². The lowest BCUT2D eigenvalue weighted by atomic mass is 10.1. The Morgan fingerprint density at radius 3 is 2.94 bits per heavy atom. The van der Waals surface area contributed by atoms with Crippen LogP contribution in [-0.4, -0.2) is 36.8 Å². The van der Waals surface area contributed by atoms with Crippen molar-refractivity contribution in [2.75, 3.05) is 17.2 Å². The first kappa shape index (κ1) is 11.7. The highest BCUT2D eigenvalue weighted by molar-refractivity contribution is 8.13. The number of hydrogen-bond donors (Lipinski definition) is 0. The minimum absolute atomic E-state index is 0.137. The summed E-state index contributed by atoms with van der Waals surface area (Å²) in [7, 11) is 1.59. The Kier molecular flexibility index (Phi) is 3.13. The molecule has 1 unspecified atom stereocenters. The summed E-state index contributed by atoms with van der Waals surface area (Å²) in [4.78, 5) is 13.0. The third-order valence-electron chi connectivity index (χ3n) is 2.22. The van der Waals surface area contributed by atoms with Crippen LogP contribution in [-0.2, 0) is 13.8 Å². The highest BCUT2D eigenvalue weighted by atomic mass is 35.7. The van der Waals surface area contributed by atoms with E-state index in [-0.39, 0.29) is 24.0 Å². The van der Waals surface area contributed by atoms with Gasteiger partial charge in [-0.3, -0.25) is 9.69 Å². The normalized spacial score (nSPS) is 21.7. The molecule has 0 aromatic carbocycles. The number of aromatic nitrogens is 2. The highest BCUT2D eigenvalue weighted by Crippen LogP contribution is 2.27. The molecule has 1 aliphatic heterocycles. The number of halogens is 1. The summed E-state index contributed by atoms with van der Waals surface area (Å²) in [5, 5.41) is 7.90. The Bertz CT molecular complexity index is 487. The molecular weight excluding hydrogens is 274 g/mol. The molecule has 2 rings (SSSR count). The van der Waals surface area contributed by atoms with Crippen molar-refractivity contribution in [1.29, 1.82) is 0 Å². The third kappa shape index (κ3) is 2.69. The second-order valence-corrected chi connectivity index (χ2v) is 7.13. The summed E-state index contributed by atoms with van der Waals surface area (Å²) < 4.78 is 21.8.